The van der Waals surface area contributed by atoms with Crippen molar-refractivity contribution in [3.05, 3.63) is 65.2 Å². The molecule has 2 rings (SSSR count). The third-order valence-electron chi connectivity index (χ3n) is 3.01. The number of hydrogen-bond donors (Lipinski definition) is 2. The summed E-state index contributed by atoms with van der Waals surface area (Å²) in [4.78, 5) is 23.5. The van der Waals surface area contributed by atoms with E-state index in [4.69, 9.17) is 9.84 Å². The fourth-order valence-electron chi connectivity index (χ4n) is 1.88. The molecular weight excluding hydrogens is 282 g/mol. The zero-order chi connectivity index (χ0) is 15.9. The van der Waals surface area contributed by atoms with Gasteiger partial charge in [-0.15, -0.1) is 0 Å². The summed E-state index contributed by atoms with van der Waals surface area (Å²) >= 11 is 0. The standard InChI is InChI=1S/C17H17NO4/c1-12-3-2-4-15(9-12)18-16(20)11-22-17(21)14-7-5-13(10-19)6-8-14/h2-9,19H,10-11H2,1H3,(H,18,20). The number of rotatable bonds is 5. The van der Waals surface area contributed by atoms with Crippen molar-refractivity contribution in [2.24, 2.45) is 0 Å². The van der Waals surface area contributed by atoms with E-state index in [1.165, 1.54) is 0 Å². The minimum absolute atomic E-state index is 0.0891. The lowest BCUT2D eigenvalue weighted by molar-refractivity contribution is -0.119. The van der Waals surface area contributed by atoms with Gasteiger partial charge < -0.3 is 15.2 Å². The van der Waals surface area contributed by atoms with Gasteiger partial charge in [0.15, 0.2) is 6.61 Å². The maximum absolute atomic E-state index is 11.8. The van der Waals surface area contributed by atoms with Crippen LogP contribution < -0.4 is 5.32 Å². The van der Waals surface area contributed by atoms with E-state index in [1.807, 2.05) is 25.1 Å². The highest BCUT2D eigenvalue weighted by Crippen LogP contribution is 2.10. The Kier molecular flexibility index (Phi) is 5.27. The van der Waals surface area contributed by atoms with Crippen molar-refractivity contribution in [1.82, 2.24) is 0 Å². The Labute approximate surface area is 128 Å². The molecule has 0 aliphatic heterocycles. The van der Waals surface area contributed by atoms with Crippen molar-refractivity contribution < 1.29 is 19.4 Å². The lowest BCUT2D eigenvalue weighted by Crippen LogP contribution is -2.20. The number of ether oxygens (including phenoxy) is 1. The summed E-state index contributed by atoms with van der Waals surface area (Å²) in [5.41, 5.74) is 2.72. The lowest BCUT2D eigenvalue weighted by Gasteiger charge is -2.07. The molecule has 0 fully saturated rings. The minimum atomic E-state index is -0.580. The Hall–Kier alpha value is -2.66. The van der Waals surface area contributed by atoms with Crippen molar-refractivity contribution in [3.63, 3.8) is 0 Å². The van der Waals surface area contributed by atoms with E-state index < -0.39 is 11.9 Å². The molecule has 2 aromatic rings. The molecule has 0 saturated carbocycles. The number of aliphatic hydroxyl groups excluding tert-OH is 1. The van der Waals surface area contributed by atoms with Crippen LogP contribution in [0.25, 0.3) is 0 Å². The number of hydrogen-bond acceptors (Lipinski definition) is 4. The second-order valence-electron chi connectivity index (χ2n) is 4.85. The topological polar surface area (TPSA) is 75.6 Å². The first kappa shape index (κ1) is 15.7. The number of amides is 1. The molecule has 2 N–H and O–H groups in total. The van der Waals surface area contributed by atoms with E-state index in [0.29, 0.717) is 16.8 Å². The van der Waals surface area contributed by atoms with Crippen LogP contribution in [0.5, 0.6) is 0 Å². The maximum atomic E-state index is 11.8. The lowest BCUT2D eigenvalue weighted by atomic mass is 10.1. The molecule has 0 aliphatic rings. The first-order valence-corrected chi connectivity index (χ1v) is 6.82. The van der Waals surface area contributed by atoms with Gasteiger partial charge in [0.2, 0.25) is 0 Å². The number of esters is 1. The number of benzene rings is 2. The van der Waals surface area contributed by atoms with Crippen LogP contribution in [0.4, 0.5) is 5.69 Å². The number of anilines is 1. The molecule has 0 unspecified atom stereocenters. The summed E-state index contributed by atoms with van der Waals surface area (Å²) in [7, 11) is 0. The van der Waals surface area contributed by atoms with Crippen molar-refractivity contribution in [3.8, 4) is 0 Å². The molecule has 1 amide bonds. The predicted octanol–water partition coefficient (Wildman–Crippen LogP) is 2.28. The van der Waals surface area contributed by atoms with Gasteiger partial charge in [-0.25, -0.2) is 4.79 Å². The summed E-state index contributed by atoms with van der Waals surface area (Å²) in [6, 6.07) is 13.7. The van der Waals surface area contributed by atoms with Gasteiger partial charge in [0.1, 0.15) is 0 Å². The van der Waals surface area contributed by atoms with Crippen LogP contribution in [0.1, 0.15) is 21.5 Å². The third kappa shape index (κ3) is 4.43. The number of carbonyl (C=O) groups excluding carboxylic acids is 2. The van der Waals surface area contributed by atoms with Crippen molar-refractivity contribution >= 4 is 17.6 Å². The van der Waals surface area contributed by atoms with E-state index in [9.17, 15) is 9.59 Å². The van der Waals surface area contributed by atoms with Crippen LogP contribution >= 0.6 is 0 Å². The van der Waals surface area contributed by atoms with Gasteiger partial charge in [-0.1, -0.05) is 24.3 Å². The fraction of sp³-hybridized carbons (Fsp3) is 0.176. The van der Waals surface area contributed by atoms with E-state index >= 15 is 0 Å². The SMILES string of the molecule is Cc1cccc(NC(=O)COC(=O)c2ccc(CO)cc2)c1. The molecule has 22 heavy (non-hydrogen) atoms. The van der Waals surface area contributed by atoms with E-state index in [0.717, 1.165) is 5.56 Å². The molecule has 5 heteroatoms. The Morgan fingerprint density at radius 1 is 1.14 bits per heavy atom. The molecule has 0 aromatic heterocycles. The molecule has 0 heterocycles. The summed E-state index contributed by atoms with van der Waals surface area (Å²) in [5, 5.41) is 11.6. The van der Waals surface area contributed by atoms with Crippen LogP contribution in [0, 0.1) is 6.92 Å². The highest BCUT2D eigenvalue weighted by molar-refractivity contribution is 5.95. The summed E-state index contributed by atoms with van der Waals surface area (Å²) < 4.78 is 4.95. The van der Waals surface area contributed by atoms with Crippen LogP contribution in [-0.2, 0) is 16.1 Å². The summed E-state index contributed by atoms with van der Waals surface area (Å²) in [5.74, 6) is -0.977. The molecule has 0 spiro atoms. The quantitative estimate of drug-likeness (QED) is 0.831. The van der Waals surface area contributed by atoms with Crippen LogP contribution in [0.15, 0.2) is 48.5 Å². The first-order valence-electron chi connectivity index (χ1n) is 6.82. The van der Waals surface area contributed by atoms with Crippen LogP contribution in [0.3, 0.4) is 0 Å². The van der Waals surface area contributed by atoms with Gasteiger partial charge in [-0.05, 0) is 42.3 Å². The molecule has 2 aromatic carbocycles. The molecule has 0 saturated heterocycles. The zero-order valence-corrected chi connectivity index (χ0v) is 12.2. The van der Waals surface area contributed by atoms with Crippen molar-refractivity contribution in [2.45, 2.75) is 13.5 Å². The van der Waals surface area contributed by atoms with Gasteiger partial charge in [0.25, 0.3) is 5.91 Å². The van der Waals surface area contributed by atoms with Gasteiger partial charge in [-0.2, -0.15) is 0 Å². The average molecular weight is 299 g/mol. The van der Waals surface area contributed by atoms with E-state index in [2.05, 4.69) is 5.32 Å². The van der Waals surface area contributed by atoms with E-state index in [1.54, 1.807) is 30.3 Å². The molecule has 114 valence electrons. The monoisotopic (exact) mass is 299 g/mol. The largest absolute Gasteiger partial charge is 0.452 e. The highest BCUT2D eigenvalue weighted by Gasteiger charge is 2.10. The summed E-state index contributed by atoms with van der Waals surface area (Å²) in [6.07, 6.45) is 0. The van der Waals surface area contributed by atoms with Gasteiger partial charge in [0, 0.05) is 5.69 Å². The van der Waals surface area contributed by atoms with Gasteiger partial charge in [0.05, 0.1) is 12.2 Å². The fourth-order valence-corrected chi connectivity index (χ4v) is 1.88. The Morgan fingerprint density at radius 3 is 2.50 bits per heavy atom. The second kappa shape index (κ2) is 7.38. The minimum Gasteiger partial charge on any atom is -0.452 e. The highest BCUT2D eigenvalue weighted by atomic mass is 16.5. The van der Waals surface area contributed by atoms with Crippen LogP contribution in [-0.4, -0.2) is 23.6 Å². The molecular formula is C17H17NO4. The number of carbonyl (C=O) groups is 2. The smallest absolute Gasteiger partial charge is 0.338 e. The van der Waals surface area contributed by atoms with Gasteiger partial charge in [-0.3, -0.25) is 4.79 Å². The molecule has 0 radical (unpaired) electrons. The number of aryl methyl sites for hydroxylation is 1. The van der Waals surface area contributed by atoms with E-state index in [-0.39, 0.29) is 13.2 Å². The molecule has 0 aliphatic carbocycles. The Balaban J connectivity index is 1.86. The Morgan fingerprint density at radius 2 is 1.86 bits per heavy atom. The molecule has 0 bridgehead atoms. The average Bonchev–Trinajstić information content (AvgIpc) is 2.52. The second-order valence-corrected chi connectivity index (χ2v) is 4.85. The Bertz CT molecular complexity index is 665. The van der Waals surface area contributed by atoms with Crippen LogP contribution in [0.2, 0.25) is 0 Å². The predicted molar refractivity (Wildman–Crippen MR) is 82.5 cm³/mol. The summed E-state index contributed by atoms with van der Waals surface area (Å²) in [6.45, 7) is 1.48. The maximum Gasteiger partial charge on any atom is 0.338 e. The first-order chi connectivity index (χ1) is 10.6. The third-order valence-corrected chi connectivity index (χ3v) is 3.01. The van der Waals surface area contributed by atoms with Crippen molar-refractivity contribution in [2.75, 3.05) is 11.9 Å². The number of aliphatic hydroxyl groups is 1. The molecule has 0 atom stereocenters. The molecule has 5 nitrogen and oxygen atoms in total. The van der Waals surface area contributed by atoms with Crippen molar-refractivity contribution in [1.29, 1.82) is 0 Å². The zero-order valence-electron chi connectivity index (χ0n) is 12.2. The normalized spacial score (nSPS) is 10.1. The van der Waals surface area contributed by atoms with Gasteiger partial charge >= 0.3 is 5.97 Å². The number of nitrogens with one attached hydrogen (secondary N) is 1.